The van der Waals surface area contributed by atoms with Crippen LogP contribution >= 0.6 is 0 Å². The van der Waals surface area contributed by atoms with E-state index in [1.165, 1.54) is 0 Å². The Morgan fingerprint density at radius 1 is 1.78 bits per heavy atom. The summed E-state index contributed by atoms with van der Waals surface area (Å²) in [5, 5.41) is 11.4. The van der Waals surface area contributed by atoms with Gasteiger partial charge in [0.1, 0.15) is 0 Å². The van der Waals surface area contributed by atoms with E-state index in [9.17, 15) is 4.79 Å². The van der Waals surface area contributed by atoms with Gasteiger partial charge < -0.3 is 10.4 Å². The fourth-order valence-corrected chi connectivity index (χ4v) is 1.14. The summed E-state index contributed by atoms with van der Waals surface area (Å²) < 4.78 is 0. The Balaban J connectivity index is 2.19. The van der Waals surface area contributed by atoms with Gasteiger partial charge in [-0.3, -0.25) is 4.79 Å². The molecule has 1 aliphatic heterocycles. The van der Waals surface area contributed by atoms with Crippen molar-refractivity contribution in [2.24, 2.45) is 0 Å². The SMILES string of the molecule is O=C(O)CC1CCCN1. The number of carbonyl (C=O) groups is 1. The summed E-state index contributed by atoms with van der Waals surface area (Å²) in [6, 6.07) is 0.238. The van der Waals surface area contributed by atoms with E-state index < -0.39 is 5.97 Å². The first-order chi connectivity index (χ1) is 4.29. The Labute approximate surface area is 54.1 Å². The fraction of sp³-hybridized carbons (Fsp3) is 0.833. The van der Waals surface area contributed by atoms with Crippen molar-refractivity contribution >= 4 is 5.97 Å². The number of hydrogen-bond acceptors (Lipinski definition) is 2. The minimum absolute atomic E-state index is 0.238. The fourth-order valence-electron chi connectivity index (χ4n) is 1.14. The maximum absolute atomic E-state index is 10.1. The molecule has 3 nitrogen and oxygen atoms in total. The molecular weight excluding hydrogens is 118 g/mol. The molecule has 0 aromatic heterocycles. The van der Waals surface area contributed by atoms with Gasteiger partial charge in [-0.2, -0.15) is 0 Å². The Morgan fingerprint density at radius 2 is 2.56 bits per heavy atom. The second-order valence-electron chi connectivity index (χ2n) is 2.39. The Morgan fingerprint density at radius 3 is 3.00 bits per heavy atom. The number of carboxylic acid groups (broad SMARTS) is 1. The number of nitrogens with one attached hydrogen (secondary N) is 1. The lowest BCUT2D eigenvalue weighted by Gasteiger charge is -2.03. The van der Waals surface area contributed by atoms with Crippen molar-refractivity contribution in [3.8, 4) is 0 Å². The van der Waals surface area contributed by atoms with Crippen LogP contribution in [0.15, 0.2) is 0 Å². The summed E-state index contributed by atoms with van der Waals surface area (Å²) >= 11 is 0. The lowest BCUT2D eigenvalue weighted by molar-refractivity contribution is -0.137. The third kappa shape index (κ3) is 2.01. The molecule has 2 N–H and O–H groups in total. The molecule has 1 heterocycles. The smallest absolute Gasteiger partial charge is 0.304 e. The highest BCUT2D eigenvalue weighted by molar-refractivity contribution is 5.67. The normalized spacial score (nSPS) is 26.4. The van der Waals surface area contributed by atoms with E-state index in [-0.39, 0.29) is 12.5 Å². The van der Waals surface area contributed by atoms with Gasteiger partial charge in [-0.15, -0.1) is 0 Å². The van der Waals surface area contributed by atoms with Crippen LogP contribution in [0.2, 0.25) is 0 Å². The third-order valence-electron chi connectivity index (χ3n) is 1.58. The minimum atomic E-state index is -0.700. The van der Waals surface area contributed by atoms with Crippen molar-refractivity contribution in [1.29, 1.82) is 0 Å². The number of aliphatic carboxylic acids is 1. The van der Waals surface area contributed by atoms with E-state index in [0.29, 0.717) is 0 Å². The standard InChI is InChI=1S/C6H11NO2/c8-6(9)4-5-2-1-3-7-5/h5,7H,1-4H2,(H,8,9). The first kappa shape index (κ1) is 6.55. The number of rotatable bonds is 2. The zero-order valence-electron chi connectivity index (χ0n) is 5.26. The van der Waals surface area contributed by atoms with E-state index in [0.717, 1.165) is 19.4 Å². The molecule has 0 radical (unpaired) electrons. The molecule has 1 aliphatic rings. The van der Waals surface area contributed by atoms with Gasteiger partial charge in [-0.25, -0.2) is 0 Å². The molecule has 9 heavy (non-hydrogen) atoms. The highest BCUT2D eigenvalue weighted by atomic mass is 16.4. The van der Waals surface area contributed by atoms with Gasteiger partial charge in [0.05, 0.1) is 6.42 Å². The van der Waals surface area contributed by atoms with Crippen LogP contribution in [-0.4, -0.2) is 23.7 Å². The summed E-state index contributed by atoms with van der Waals surface area (Å²) in [5.74, 6) is -0.700. The molecule has 0 aromatic carbocycles. The second-order valence-corrected chi connectivity index (χ2v) is 2.39. The molecule has 0 aliphatic carbocycles. The van der Waals surface area contributed by atoms with E-state index in [1.54, 1.807) is 0 Å². The molecule has 1 saturated heterocycles. The molecule has 1 fully saturated rings. The predicted molar refractivity (Wildman–Crippen MR) is 33.3 cm³/mol. The topological polar surface area (TPSA) is 49.3 Å². The van der Waals surface area contributed by atoms with Gasteiger partial charge in [0.2, 0.25) is 0 Å². The molecule has 0 amide bonds. The zero-order valence-corrected chi connectivity index (χ0v) is 5.26. The van der Waals surface area contributed by atoms with Crippen molar-refractivity contribution in [2.45, 2.75) is 25.3 Å². The monoisotopic (exact) mass is 129 g/mol. The van der Waals surface area contributed by atoms with Crippen LogP contribution < -0.4 is 5.32 Å². The van der Waals surface area contributed by atoms with Gasteiger partial charge in [-0.05, 0) is 19.4 Å². The summed E-state index contributed by atoms with van der Waals surface area (Å²) in [5.41, 5.74) is 0. The Kier molecular flexibility index (Phi) is 2.05. The summed E-state index contributed by atoms with van der Waals surface area (Å²) in [6.45, 7) is 0.984. The largest absolute Gasteiger partial charge is 0.481 e. The Bertz CT molecular complexity index is 108. The molecule has 0 spiro atoms. The highest BCUT2D eigenvalue weighted by Gasteiger charge is 2.16. The summed E-state index contributed by atoms with van der Waals surface area (Å²) in [6.07, 6.45) is 2.42. The van der Waals surface area contributed by atoms with Crippen molar-refractivity contribution in [3.63, 3.8) is 0 Å². The highest BCUT2D eigenvalue weighted by Crippen LogP contribution is 2.07. The number of hydrogen-bond donors (Lipinski definition) is 2. The van der Waals surface area contributed by atoms with Crippen LogP contribution in [0.3, 0.4) is 0 Å². The van der Waals surface area contributed by atoms with Gasteiger partial charge in [0.25, 0.3) is 0 Å². The van der Waals surface area contributed by atoms with E-state index in [2.05, 4.69) is 5.32 Å². The lowest BCUT2D eigenvalue weighted by atomic mass is 10.2. The van der Waals surface area contributed by atoms with Gasteiger partial charge >= 0.3 is 5.97 Å². The zero-order chi connectivity index (χ0) is 6.69. The molecular formula is C6H11NO2. The van der Waals surface area contributed by atoms with Crippen LogP contribution in [0.5, 0.6) is 0 Å². The quantitative estimate of drug-likeness (QED) is 0.560. The van der Waals surface area contributed by atoms with Crippen molar-refractivity contribution < 1.29 is 9.90 Å². The summed E-state index contributed by atoms with van der Waals surface area (Å²) in [7, 11) is 0. The molecule has 0 aromatic rings. The lowest BCUT2D eigenvalue weighted by Crippen LogP contribution is -2.24. The summed E-state index contributed by atoms with van der Waals surface area (Å²) in [4.78, 5) is 10.1. The van der Waals surface area contributed by atoms with Gasteiger partial charge in [-0.1, -0.05) is 0 Å². The predicted octanol–water partition coefficient (Wildman–Crippen LogP) is 0.213. The molecule has 3 heteroatoms. The van der Waals surface area contributed by atoms with Gasteiger partial charge in [0, 0.05) is 6.04 Å². The molecule has 1 rings (SSSR count). The van der Waals surface area contributed by atoms with Crippen LogP contribution in [0.25, 0.3) is 0 Å². The first-order valence-electron chi connectivity index (χ1n) is 3.24. The van der Waals surface area contributed by atoms with Crippen molar-refractivity contribution in [3.05, 3.63) is 0 Å². The van der Waals surface area contributed by atoms with Crippen LogP contribution in [-0.2, 0) is 4.79 Å². The average Bonchev–Trinajstić information content (AvgIpc) is 2.15. The van der Waals surface area contributed by atoms with E-state index in [1.807, 2.05) is 0 Å². The third-order valence-corrected chi connectivity index (χ3v) is 1.58. The molecule has 1 atom stereocenters. The van der Waals surface area contributed by atoms with Gasteiger partial charge in [0.15, 0.2) is 0 Å². The molecule has 1 unspecified atom stereocenters. The molecule has 0 bridgehead atoms. The molecule has 52 valence electrons. The second kappa shape index (κ2) is 2.82. The average molecular weight is 129 g/mol. The Hall–Kier alpha value is -0.570. The maximum Gasteiger partial charge on any atom is 0.304 e. The van der Waals surface area contributed by atoms with Crippen LogP contribution in [0.1, 0.15) is 19.3 Å². The van der Waals surface area contributed by atoms with Crippen LogP contribution in [0.4, 0.5) is 0 Å². The maximum atomic E-state index is 10.1. The number of carboxylic acids is 1. The minimum Gasteiger partial charge on any atom is -0.481 e. The van der Waals surface area contributed by atoms with E-state index in [4.69, 9.17) is 5.11 Å². The van der Waals surface area contributed by atoms with Crippen LogP contribution in [0, 0.1) is 0 Å². The van der Waals surface area contributed by atoms with Crippen molar-refractivity contribution in [2.75, 3.05) is 6.54 Å². The molecule has 0 saturated carbocycles. The first-order valence-corrected chi connectivity index (χ1v) is 3.24. The van der Waals surface area contributed by atoms with Crippen molar-refractivity contribution in [1.82, 2.24) is 5.32 Å². The van der Waals surface area contributed by atoms with E-state index >= 15 is 0 Å².